The van der Waals surface area contributed by atoms with E-state index in [-0.39, 0.29) is 6.61 Å². The lowest BCUT2D eigenvalue weighted by Crippen LogP contribution is -2.31. The highest BCUT2D eigenvalue weighted by molar-refractivity contribution is 6.17. The molecule has 90 valence electrons. The van der Waals surface area contributed by atoms with Gasteiger partial charge in [0.25, 0.3) is 0 Å². The lowest BCUT2D eigenvalue weighted by atomic mass is 10.2. The molecule has 0 radical (unpaired) electrons. The number of anilines is 1. The molecule has 0 saturated carbocycles. The third-order valence-corrected chi connectivity index (χ3v) is 2.53. The van der Waals surface area contributed by atoms with E-state index in [9.17, 15) is 0 Å². The smallest absolute Gasteiger partial charge is 0.133 e. The number of rotatable bonds is 7. The van der Waals surface area contributed by atoms with E-state index in [4.69, 9.17) is 21.4 Å². The second kappa shape index (κ2) is 7.44. The van der Waals surface area contributed by atoms with Crippen LogP contribution in [0.4, 0.5) is 5.82 Å². The van der Waals surface area contributed by atoms with Crippen LogP contribution in [-0.2, 0) is 10.6 Å². The van der Waals surface area contributed by atoms with Gasteiger partial charge in [-0.2, -0.15) is 0 Å². The minimum atomic E-state index is 0.0853. The van der Waals surface area contributed by atoms with E-state index in [1.807, 2.05) is 17.0 Å². The largest absolute Gasteiger partial charge is 0.395 e. The molecule has 0 aliphatic carbocycles. The fourth-order valence-electron chi connectivity index (χ4n) is 1.47. The van der Waals surface area contributed by atoms with Crippen molar-refractivity contribution in [2.24, 2.45) is 0 Å². The summed E-state index contributed by atoms with van der Waals surface area (Å²) < 4.78 is 5.03. The van der Waals surface area contributed by atoms with Crippen LogP contribution < -0.4 is 4.90 Å². The highest BCUT2D eigenvalue weighted by Crippen LogP contribution is 2.18. The van der Waals surface area contributed by atoms with Crippen molar-refractivity contribution in [2.45, 2.75) is 5.88 Å². The fraction of sp³-hybridized carbons (Fsp3) is 0.545. The zero-order valence-electron chi connectivity index (χ0n) is 9.40. The summed E-state index contributed by atoms with van der Waals surface area (Å²) in [5.41, 5.74) is 0.966. The number of hydrogen-bond donors (Lipinski definition) is 1. The molecule has 0 atom stereocenters. The van der Waals surface area contributed by atoms with Gasteiger partial charge in [-0.25, -0.2) is 4.98 Å². The first kappa shape index (κ1) is 13.2. The Kier molecular flexibility index (Phi) is 6.15. The zero-order chi connectivity index (χ0) is 11.8. The third kappa shape index (κ3) is 3.63. The number of methoxy groups -OCH3 is 1. The second-order valence-electron chi connectivity index (χ2n) is 3.32. The first-order valence-corrected chi connectivity index (χ1v) is 5.71. The van der Waals surface area contributed by atoms with Crippen LogP contribution in [0, 0.1) is 0 Å². The number of aromatic nitrogens is 1. The minimum Gasteiger partial charge on any atom is -0.395 e. The maximum Gasteiger partial charge on any atom is 0.133 e. The molecule has 0 aromatic carbocycles. The number of nitrogens with zero attached hydrogens (tertiary/aromatic N) is 2. The van der Waals surface area contributed by atoms with Crippen molar-refractivity contribution < 1.29 is 9.84 Å². The van der Waals surface area contributed by atoms with Crippen LogP contribution in [0.3, 0.4) is 0 Å². The summed E-state index contributed by atoms with van der Waals surface area (Å²) in [7, 11) is 1.65. The van der Waals surface area contributed by atoms with Crippen LogP contribution in [0.5, 0.6) is 0 Å². The molecule has 1 heterocycles. The summed E-state index contributed by atoms with van der Waals surface area (Å²) in [5, 5.41) is 9.02. The normalized spacial score (nSPS) is 10.4. The second-order valence-corrected chi connectivity index (χ2v) is 3.59. The Morgan fingerprint density at radius 2 is 2.31 bits per heavy atom. The van der Waals surface area contributed by atoms with Crippen LogP contribution in [0.2, 0.25) is 0 Å². The van der Waals surface area contributed by atoms with E-state index in [1.54, 1.807) is 13.3 Å². The van der Waals surface area contributed by atoms with Crippen LogP contribution >= 0.6 is 11.6 Å². The molecule has 1 N–H and O–H groups in total. The Bertz CT molecular complexity index is 310. The molecule has 0 aliphatic heterocycles. The number of ether oxygens (including phenoxy) is 1. The van der Waals surface area contributed by atoms with Gasteiger partial charge >= 0.3 is 0 Å². The molecule has 1 aromatic rings. The van der Waals surface area contributed by atoms with E-state index in [0.717, 1.165) is 11.4 Å². The predicted molar refractivity (Wildman–Crippen MR) is 65.0 cm³/mol. The molecule has 5 heteroatoms. The highest BCUT2D eigenvalue weighted by Gasteiger charge is 2.10. The topological polar surface area (TPSA) is 45.6 Å². The van der Waals surface area contributed by atoms with Crippen molar-refractivity contribution in [1.82, 2.24) is 4.98 Å². The van der Waals surface area contributed by atoms with E-state index < -0.39 is 0 Å². The first-order chi connectivity index (χ1) is 7.83. The van der Waals surface area contributed by atoms with Gasteiger partial charge in [0, 0.05) is 32.0 Å². The molecule has 0 saturated heterocycles. The van der Waals surface area contributed by atoms with Gasteiger partial charge in [0.05, 0.1) is 19.1 Å². The van der Waals surface area contributed by atoms with Gasteiger partial charge in [-0.3, -0.25) is 0 Å². The molecule has 0 bridgehead atoms. The fourth-order valence-corrected chi connectivity index (χ4v) is 1.67. The lowest BCUT2D eigenvalue weighted by Gasteiger charge is -2.24. The molecule has 0 amide bonds. The quantitative estimate of drug-likeness (QED) is 0.734. The van der Waals surface area contributed by atoms with Crippen molar-refractivity contribution in [3.05, 3.63) is 23.9 Å². The summed E-state index contributed by atoms with van der Waals surface area (Å²) in [5.74, 6) is 1.24. The molecular formula is C11H17ClN2O2. The van der Waals surface area contributed by atoms with Crippen LogP contribution in [0.1, 0.15) is 5.56 Å². The van der Waals surface area contributed by atoms with E-state index in [1.165, 1.54) is 0 Å². The lowest BCUT2D eigenvalue weighted by molar-refractivity contribution is 0.202. The molecule has 0 unspecified atom stereocenters. The number of aliphatic hydroxyl groups is 1. The van der Waals surface area contributed by atoms with Crippen molar-refractivity contribution >= 4 is 17.4 Å². The molecule has 4 nitrogen and oxygen atoms in total. The molecule has 0 fully saturated rings. The van der Waals surface area contributed by atoms with Gasteiger partial charge in [-0.1, -0.05) is 6.07 Å². The standard InChI is InChI=1S/C11H17ClN2O2/c1-16-8-6-14(5-7-15)11-10(9-12)3-2-4-13-11/h2-4,15H,5-9H2,1H3. The van der Waals surface area contributed by atoms with Gasteiger partial charge < -0.3 is 14.7 Å². The average Bonchev–Trinajstić information content (AvgIpc) is 2.34. The van der Waals surface area contributed by atoms with Gasteiger partial charge in [0.15, 0.2) is 0 Å². The highest BCUT2D eigenvalue weighted by atomic mass is 35.5. The summed E-state index contributed by atoms with van der Waals surface area (Å²) in [6.07, 6.45) is 1.72. The van der Waals surface area contributed by atoms with Gasteiger partial charge in [0.2, 0.25) is 0 Å². The third-order valence-electron chi connectivity index (χ3n) is 2.25. The maximum absolute atomic E-state index is 9.02. The van der Waals surface area contributed by atoms with E-state index in [0.29, 0.717) is 25.6 Å². The van der Waals surface area contributed by atoms with Crippen molar-refractivity contribution in [2.75, 3.05) is 38.3 Å². The Morgan fingerprint density at radius 3 is 2.94 bits per heavy atom. The van der Waals surface area contributed by atoms with Crippen LogP contribution in [0.15, 0.2) is 18.3 Å². The Balaban J connectivity index is 2.81. The van der Waals surface area contributed by atoms with Crippen LogP contribution in [-0.4, -0.2) is 43.5 Å². The minimum absolute atomic E-state index is 0.0853. The van der Waals surface area contributed by atoms with Gasteiger partial charge in [-0.15, -0.1) is 11.6 Å². The Labute approximate surface area is 101 Å². The number of halogens is 1. The van der Waals surface area contributed by atoms with Crippen molar-refractivity contribution in [3.8, 4) is 0 Å². The monoisotopic (exact) mass is 244 g/mol. The zero-order valence-corrected chi connectivity index (χ0v) is 10.2. The molecule has 0 aliphatic rings. The SMILES string of the molecule is COCCN(CCO)c1ncccc1CCl. The summed E-state index contributed by atoms with van der Waals surface area (Å²) in [4.78, 5) is 6.27. The Morgan fingerprint density at radius 1 is 1.50 bits per heavy atom. The number of aliphatic hydroxyl groups excluding tert-OH is 1. The predicted octanol–water partition coefficient (Wildman–Crippen LogP) is 1.27. The summed E-state index contributed by atoms with van der Waals surface area (Å²) >= 11 is 5.85. The van der Waals surface area contributed by atoms with Crippen molar-refractivity contribution in [1.29, 1.82) is 0 Å². The average molecular weight is 245 g/mol. The molecule has 0 spiro atoms. The number of hydrogen-bond acceptors (Lipinski definition) is 4. The first-order valence-electron chi connectivity index (χ1n) is 5.18. The van der Waals surface area contributed by atoms with Gasteiger partial charge in [0.1, 0.15) is 5.82 Å². The Hall–Kier alpha value is -0.840. The number of alkyl halides is 1. The van der Waals surface area contributed by atoms with E-state index >= 15 is 0 Å². The molecular weight excluding hydrogens is 228 g/mol. The van der Waals surface area contributed by atoms with Gasteiger partial charge in [-0.05, 0) is 6.07 Å². The van der Waals surface area contributed by atoms with Crippen molar-refractivity contribution in [3.63, 3.8) is 0 Å². The number of pyridine rings is 1. The molecule has 16 heavy (non-hydrogen) atoms. The van der Waals surface area contributed by atoms with E-state index in [2.05, 4.69) is 4.98 Å². The summed E-state index contributed by atoms with van der Waals surface area (Å²) in [6.45, 7) is 1.91. The molecule has 1 aromatic heterocycles. The summed E-state index contributed by atoms with van der Waals surface area (Å²) in [6, 6.07) is 3.79. The van der Waals surface area contributed by atoms with Crippen LogP contribution in [0.25, 0.3) is 0 Å². The molecule has 1 rings (SSSR count). The maximum atomic E-state index is 9.02.